The number of aromatic nitrogens is 1. The number of hydrogen-bond acceptors (Lipinski definition) is 4. The van der Waals surface area contributed by atoms with E-state index in [4.69, 9.17) is 0 Å². The van der Waals surface area contributed by atoms with Crippen molar-refractivity contribution in [3.05, 3.63) is 95.4 Å². The summed E-state index contributed by atoms with van der Waals surface area (Å²) in [6, 6.07) is 18.1. The van der Waals surface area contributed by atoms with Crippen LogP contribution in [-0.2, 0) is 9.59 Å². The number of alkyl halides is 2. The van der Waals surface area contributed by atoms with Gasteiger partial charge in [0.05, 0.1) is 11.8 Å². The average Bonchev–Trinajstić information content (AvgIpc) is 3.29. The Labute approximate surface area is 212 Å². The van der Waals surface area contributed by atoms with Gasteiger partial charge in [-0.1, -0.05) is 42.5 Å². The number of amides is 2. The van der Waals surface area contributed by atoms with Gasteiger partial charge >= 0.3 is 0 Å². The SMILES string of the molecule is O=C(Nc1cc(C2NC3CCNC(=O)C3C2c2ccccc2)ccn1)C(CC(F)F)c1ccc(F)cc1. The van der Waals surface area contributed by atoms with Crippen LogP contribution in [0.2, 0.25) is 0 Å². The largest absolute Gasteiger partial charge is 0.356 e. The van der Waals surface area contributed by atoms with Crippen molar-refractivity contribution in [1.82, 2.24) is 15.6 Å². The third kappa shape index (κ3) is 5.36. The lowest BCUT2D eigenvalue weighted by Gasteiger charge is -2.28. The molecule has 2 aromatic carbocycles. The third-order valence-corrected chi connectivity index (χ3v) is 7.21. The van der Waals surface area contributed by atoms with E-state index >= 15 is 0 Å². The van der Waals surface area contributed by atoms with Crippen LogP contribution < -0.4 is 16.0 Å². The Kier molecular flexibility index (Phi) is 7.23. The van der Waals surface area contributed by atoms with Crippen molar-refractivity contribution >= 4 is 17.6 Å². The Morgan fingerprint density at radius 1 is 1.03 bits per heavy atom. The molecule has 0 saturated carbocycles. The molecule has 2 aliphatic heterocycles. The first-order valence-corrected chi connectivity index (χ1v) is 12.3. The molecule has 2 fully saturated rings. The molecular weight excluding hydrogens is 481 g/mol. The molecule has 0 radical (unpaired) electrons. The van der Waals surface area contributed by atoms with Crippen molar-refractivity contribution in [2.75, 3.05) is 11.9 Å². The highest BCUT2D eigenvalue weighted by Gasteiger charge is 2.49. The fourth-order valence-corrected chi connectivity index (χ4v) is 5.54. The summed E-state index contributed by atoms with van der Waals surface area (Å²) >= 11 is 0. The van der Waals surface area contributed by atoms with Gasteiger partial charge in [0, 0.05) is 37.2 Å². The van der Waals surface area contributed by atoms with Crippen molar-refractivity contribution in [2.45, 2.75) is 43.2 Å². The quantitative estimate of drug-likeness (QED) is 0.438. The first-order chi connectivity index (χ1) is 17.9. The van der Waals surface area contributed by atoms with E-state index in [1.54, 1.807) is 12.3 Å². The number of carbonyl (C=O) groups is 2. The number of piperidine rings is 1. The highest BCUT2D eigenvalue weighted by Crippen LogP contribution is 2.46. The summed E-state index contributed by atoms with van der Waals surface area (Å²) in [5.74, 6) is -2.48. The Morgan fingerprint density at radius 3 is 2.51 bits per heavy atom. The van der Waals surface area contributed by atoms with Crippen molar-refractivity contribution in [3.63, 3.8) is 0 Å². The van der Waals surface area contributed by atoms with Crippen LogP contribution in [0.3, 0.4) is 0 Å². The molecule has 2 amide bonds. The summed E-state index contributed by atoms with van der Waals surface area (Å²) in [5, 5.41) is 9.26. The zero-order chi connectivity index (χ0) is 25.9. The molecule has 9 heteroatoms. The number of halogens is 3. The van der Waals surface area contributed by atoms with Crippen LogP contribution in [0.15, 0.2) is 72.9 Å². The second kappa shape index (κ2) is 10.7. The fraction of sp³-hybridized carbons (Fsp3) is 0.321. The summed E-state index contributed by atoms with van der Waals surface area (Å²) in [7, 11) is 0. The predicted octanol–water partition coefficient (Wildman–Crippen LogP) is 4.53. The molecule has 2 saturated heterocycles. The van der Waals surface area contributed by atoms with Gasteiger partial charge < -0.3 is 16.0 Å². The van der Waals surface area contributed by atoms with E-state index in [1.807, 2.05) is 36.4 Å². The maximum atomic E-state index is 13.4. The first kappa shape index (κ1) is 25.0. The lowest BCUT2D eigenvalue weighted by molar-refractivity contribution is -0.127. The van der Waals surface area contributed by atoms with Crippen molar-refractivity contribution in [1.29, 1.82) is 0 Å². The first-order valence-electron chi connectivity index (χ1n) is 12.3. The smallest absolute Gasteiger partial charge is 0.239 e. The maximum absolute atomic E-state index is 13.4. The number of hydrogen-bond donors (Lipinski definition) is 3. The van der Waals surface area contributed by atoms with Crippen LogP contribution in [0.4, 0.5) is 19.0 Å². The van der Waals surface area contributed by atoms with Crippen molar-refractivity contribution in [3.8, 4) is 0 Å². The van der Waals surface area contributed by atoms with Gasteiger partial charge in [-0.15, -0.1) is 0 Å². The van der Waals surface area contributed by atoms with E-state index in [2.05, 4.69) is 20.9 Å². The van der Waals surface area contributed by atoms with Crippen LogP contribution in [0.25, 0.3) is 0 Å². The van der Waals surface area contributed by atoms with Crippen LogP contribution in [0, 0.1) is 11.7 Å². The number of nitrogens with zero attached hydrogens (tertiary/aromatic N) is 1. The van der Waals surface area contributed by atoms with Gasteiger partial charge in [-0.05, 0) is 47.4 Å². The van der Waals surface area contributed by atoms with Gasteiger partial charge in [-0.25, -0.2) is 18.2 Å². The Bertz CT molecular complexity index is 1260. The molecule has 0 spiro atoms. The number of anilines is 1. The molecule has 3 aromatic rings. The molecule has 6 nitrogen and oxygen atoms in total. The molecule has 192 valence electrons. The van der Waals surface area contributed by atoms with Crippen LogP contribution in [-0.4, -0.2) is 35.8 Å². The minimum Gasteiger partial charge on any atom is -0.356 e. The number of fused-ring (bicyclic) bond motifs is 1. The molecule has 5 unspecified atom stereocenters. The number of nitrogens with one attached hydrogen (secondary N) is 3. The summed E-state index contributed by atoms with van der Waals surface area (Å²) < 4.78 is 39.9. The van der Waals surface area contributed by atoms with Crippen LogP contribution in [0.5, 0.6) is 0 Å². The van der Waals surface area contributed by atoms with Gasteiger partial charge in [-0.2, -0.15) is 0 Å². The van der Waals surface area contributed by atoms with E-state index in [1.165, 1.54) is 12.1 Å². The highest BCUT2D eigenvalue weighted by molar-refractivity contribution is 5.95. The van der Waals surface area contributed by atoms with Gasteiger partial charge in [-0.3, -0.25) is 9.59 Å². The second-order valence-corrected chi connectivity index (χ2v) is 9.49. The van der Waals surface area contributed by atoms with Gasteiger partial charge in [0.15, 0.2) is 0 Å². The molecule has 3 heterocycles. The third-order valence-electron chi connectivity index (χ3n) is 7.21. The van der Waals surface area contributed by atoms with Crippen molar-refractivity contribution < 1.29 is 22.8 Å². The molecule has 3 N–H and O–H groups in total. The van der Waals surface area contributed by atoms with Crippen LogP contribution >= 0.6 is 0 Å². The molecule has 0 bridgehead atoms. The zero-order valence-corrected chi connectivity index (χ0v) is 19.9. The monoisotopic (exact) mass is 508 g/mol. The Balaban J connectivity index is 1.42. The number of pyridine rings is 1. The minimum atomic E-state index is -2.72. The molecule has 37 heavy (non-hydrogen) atoms. The summed E-state index contributed by atoms with van der Waals surface area (Å²) in [6.45, 7) is 0.605. The normalized spacial score (nSPS) is 23.8. The minimum absolute atomic E-state index is 0.00376. The Morgan fingerprint density at radius 2 is 1.78 bits per heavy atom. The zero-order valence-electron chi connectivity index (χ0n) is 19.9. The maximum Gasteiger partial charge on any atom is 0.239 e. The summed E-state index contributed by atoms with van der Waals surface area (Å²) in [5.41, 5.74) is 2.15. The van der Waals surface area contributed by atoms with Gasteiger partial charge in [0.25, 0.3) is 0 Å². The topological polar surface area (TPSA) is 83.1 Å². The highest BCUT2D eigenvalue weighted by atomic mass is 19.3. The van der Waals surface area contributed by atoms with E-state index in [0.29, 0.717) is 12.1 Å². The lowest BCUT2D eigenvalue weighted by atomic mass is 9.77. The standard InChI is InChI=1S/C28H27F3N4O2/c29-19-8-6-16(7-9-19)20(15-22(30)31)27(36)35-23-14-18(10-12-32-23)26-24(17-4-2-1-3-5-17)25-21(34-26)11-13-33-28(25)37/h1-10,12,14,20-22,24-26,34H,11,13,15H2,(H,33,37)(H,32,35,36). The van der Waals surface area contributed by atoms with Crippen molar-refractivity contribution in [2.24, 2.45) is 5.92 Å². The van der Waals surface area contributed by atoms with E-state index in [-0.39, 0.29) is 35.6 Å². The number of benzene rings is 2. The summed E-state index contributed by atoms with van der Waals surface area (Å²) in [4.78, 5) is 30.2. The number of carbonyl (C=O) groups excluding carboxylic acids is 2. The summed E-state index contributed by atoms with van der Waals surface area (Å²) in [6.07, 6.45) is -1.06. The molecule has 1 aromatic heterocycles. The van der Waals surface area contributed by atoms with Gasteiger partial charge in [0.2, 0.25) is 18.2 Å². The van der Waals surface area contributed by atoms with E-state index in [0.717, 1.165) is 29.7 Å². The molecular formula is C28H27F3N4O2. The average molecular weight is 509 g/mol. The van der Waals surface area contributed by atoms with E-state index in [9.17, 15) is 22.8 Å². The molecule has 2 aliphatic rings. The molecule has 0 aliphatic carbocycles. The Hall–Kier alpha value is -3.72. The predicted molar refractivity (Wildman–Crippen MR) is 133 cm³/mol. The fourth-order valence-electron chi connectivity index (χ4n) is 5.54. The number of rotatable bonds is 7. The molecule has 5 atom stereocenters. The van der Waals surface area contributed by atoms with E-state index < -0.39 is 30.5 Å². The van der Waals surface area contributed by atoms with Gasteiger partial charge in [0.1, 0.15) is 11.6 Å². The lowest BCUT2D eigenvalue weighted by Crippen LogP contribution is -2.47. The second-order valence-electron chi connectivity index (χ2n) is 9.49. The molecule has 5 rings (SSSR count). The van der Waals surface area contributed by atoms with Crippen LogP contribution in [0.1, 0.15) is 47.4 Å².